The van der Waals surface area contributed by atoms with E-state index in [9.17, 15) is 4.79 Å². The van der Waals surface area contributed by atoms with Gasteiger partial charge < -0.3 is 11.1 Å². The van der Waals surface area contributed by atoms with E-state index < -0.39 is 0 Å². The van der Waals surface area contributed by atoms with Crippen molar-refractivity contribution in [3.05, 3.63) is 28.7 Å². The number of benzene rings is 1. The fourth-order valence-electron chi connectivity index (χ4n) is 1.28. The maximum atomic E-state index is 11.7. The number of carbonyl (C=O) groups is 1. The van der Waals surface area contributed by atoms with Gasteiger partial charge in [-0.3, -0.25) is 4.79 Å². The number of halogens is 2. The minimum absolute atomic E-state index is 0. The van der Waals surface area contributed by atoms with Gasteiger partial charge in [0.25, 0.3) is 0 Å². The van der Waals surface area contributed by atoms with Crippen molar-refractivity contribution < 1.29 is 4.79 Å². The van der Waals surface area contributed by atoms with Gasteiger partial charge in [-0.05, 0) is 38.1 Å². The summed E-state index contributed by atoms with van der Waals surface area (Å²) in [6.07, 6.45) is 0.504. The van der Waals surface area contributed by atoms with Gasteiger partial charge in [0.15, 0.2) is 0 Å². The van der Waals surface area contributed by atoms with Gasteiger partial charge >= 0.3 is 0 Å². The average Bonchev–Trinajstić information content (AvgIpc) is 2.31. The molecule has 1 aromatic rings. The van der Waals surface area contributed by atoms with Gasteiger partial charge in [-0.25, -0.2) is 0 Å². The highest BCUT2D eigenvalue weighted by Crippen LogP contribution is 2.21. The molecule has 0 radical (unpaired) electrons. The molecule has 1 rings (SSSR count). The minimum Gasteiger partial charge on any atom is -0.350 e. The largest absolute Gasteiger partial charge is 0.350 e. The van der Waals surface area contributed by atoms with Crippen molar-refractivity contribution in [2.75, 3.05) is 12.3 Å². The van der Waals surface area contributed by atoms with Crippen LogP contribution in [0.5, 0.6) is 0 Å². The molecule has 3 N–H and O–H groups in total. The first-order valence-corrected chi connectivity index (χ1v) is 7.60. The SMILES string of the molecule is CC(C)(CN)NC(=O)CCSc1ccc(Br)cc1.Cl. The number of hydrogen-bond donors (Lipinski definition) is 2. The molecule has 3 nitrogen and oxygen atoms in total. The average molecular weight is 368 g/mol. The fourth-order valence-corrected chi connectivity index (χ4v) is 2.40. The highest BCUT2D eigenvalue weighted by molar-refractivity contribution is 9.10. The number of carbonyl (C=O) groups excluding carboxylic acids is 1. The number of nitrogens with one attached hydrogen (secondary N) is 1. The molecule has 0 heterocycles. The maximum absolute atomic E-state index is 11.7. The molecule has 0 aliphatic heterocycles. The summed E-state index contributed by atoms with van der Waals surface area (Å²) in [6.45, 7) is 4.29. The molecule has 1 amide bonds. The summed E-state index contributed by atoms with van der Waals surface area (Å²) < 4.78 is 1.06. The van der Waals surface area contributed by atoms with Crippen LogP contribution in [0.2, 0.25) is 0 Å². The summed E-state index contributed by atoms with van der Waals surface area (Å²) in [6, 6.07) is 8.08. The van der Waals surface area contributed by atoms with Crippen LogP contribution in [0.3, 0.4) is 0 Å². The zero-order chi connectivity index (χ0) is 13.6. The smallest absolute Gasteiger partial charge is 0.221 e. The first-order chi connectivity index (χ1) is 8.43. The zero-order valence-electron chi connectivity index (χ0n) is 11.1. The second-order valence-corrected chi connectivity index (χ2v) is 6.77. The van der Waals surface area contributed by atoms with Crippen molar-refractivity contribution in [2.24, 2.45) is 5.73 Å². The Kier molecular flexibility index (Phi) is 8.74. The summed E-state index contributed by atoms with van der Waals surface area (Å²) in [7, 11) is 0. The van der Waals surface area contributed by atoms with E-state index >= 15 is 0 Å². The summed E-state index contributed by atoms with van der Waals surface area (Å²) in [5.41, 5.74) is 5.24. The normalized spacial score (nSPS) is 10.7. The molecule has 6 heteroatoms. The Balaban J connectivity index is 0.00000324. The van der Waals surface area contributed by atoms with Crippen LogP contribution in [0.4, 0.5) is 0 Å². The van der Waals surface area contributed by atoms with Crippen LogP contribution in [0.1, 0.15) is 20.3 Å². The molecular formula is C13H20BrClN2OS. The van der Waals surface area contributed by atoms with Gasteiger partial charge in [-0.15, -0.1) is 24.2 Å². The Labute approximate surface area is 133 Å². The first-order valence-electron chi connectivity index (χ1n) is 5.82. The van der Waals surface area contributed by atoms with Crippen LogP contribution in [-0.2, 0) is 4.79 Å². The number of amides is 1. The van der Waals surface area contributed by atoms with Crippen LogP contribution >= 0.6 is 40.1 Å². The molecule has 108 valence electrons. The summed E-state index contributed by atoms with van der Waals surface area (Å²) in [4.78, 5) is 12.8. The quantitative estimate of drug-likeness (QED) is 0.759. The first kappa shape index (κ1) is 18.8. The molecule has 0 atom stereocenters. The standard InChI is InChI=1S/C13H19BrN2OS.ClH/c1-13(2,9-15)16-12(17)7-8-18-11-5-3-10(14)4-6-11;/h3-6H,7-9,15H2,1-2H3,(H,16,17);1H. The van der Waals surface area contributed by atoms with E-state index in [0.717, 1.165) is 10.2 Å². The van der Waals surface area contributed by atoms with Crippen LogP contribution in [0.25, 0.3) is 0 Å². The van der Waals surface area contributed by atoms with Crippen LogP contribution in [-0.4, -0.2) is 23.7 Å². The number of hydrogen-bond acceptors (Lipinski definition) is 3. The lowest BCUT2D eigenvalue weighted by Crippen LogP contribution is -2.48. The predicted molar refractivity (Wildman–Crippen MR) is 88.0 cm³/mol. The van der Waals surface area contributed by atoms with Crippen molar-refractivity contribution >= 4 is 46.0 Å². The Bertz CT molecular complexity index is 398. The molecule has 0 aliphatic rings. The molecule has 19 heavy (non-hydrogen) atoms. The van der Waals surface area contributed by atoms with Gasteiger partial charge in [0.05, 0.1) is 0 Å². The molecule has 0 unspecified atom stereocenters. The van der Waals surface area contributed by atoms with E-state index in [0.29, 0.717) is 13.0 Å². The third-order valence-corrected chi connectivity index (χ3v) is 3.94. The molecule has 0 spiro atoms. The van der Waals surface area contributed by atoms with E-state index in [1.807, 2.05) is 38.1 Å². The Morgan fingerprint density at radius 1 is 1.37 bits per heavy atom. The van der Waals surface area contributed by atoms with E-state index in [-0.39, 0.29) is 23.9 Å². The number of rotatable bonds is 6. The lowest BCUT2D eigenvalue weighted by Gasteiger charge is -2.24. The molecule has 1 aromatic carbocycles. The summed E-state index contributed by atoms with van der Waals surface area (Å²) in [5, 5.41) is 2.92. The number of nitrogens with two attached hydrogens (primary N) is 1. The highest BCUT2D eigenvalue weighted by Gasteiger charge is 2.17. The molecule has 0 fully saturated rings. The van der Waals surface area contributed by atoms with Crippen molar-refractivity contribution in [1.82, 2.24) is 5.32 Å². The van der Waals surface area contributed by atoms with E-state index in [2.05, 4.69) is 21.2 Å². The lowest BCUT2D eigenvalue weighted by atomic mass is 10.1. The zero-order valence-corrected chi connectivity index (χ0v) is 14.3. The lowest BCUT2D eigenvalue weighted by molar-refractivity contribution is -0.122. The van der Waals surface area contributed by atoms with Crippen molar-refractivity contribution in [3.63, 3.8) is 0 Å². The van der Waals surface area contributed by atoms with Gasteiger partial charge in [0, 0.05) is 33.6 Å². The predicted octanol–water partition coefficient (Wildman–Crippen LogP) is 3.21. The molecule has 0 saturated heterocycles. The fraction of sp³-hybridized carbons (Fsp3) is 0.462. The van der Waals surface area contributed by atoms with E-state index in [1.165, 1.54) is 4.90 Å². The summed E-state index contributed by atoms with van der Waals surface area (Å²) in [5.74, 6) is 0.823. The van der Waals surface area contributed by atoms with E-state index in [1.54, 1.807) is 11.8 Å². The van der Waals surface area contributed by atoms with Gasteiger partial charge in [0.2, 0.25) is 5.91 Å². The van der Waals surface area contributed by atoms with Gasteiger partial charge in [-0.1, -0.05) is 15.9 Å². The Morgan fingerprint density at radius 2 is 1.95 bits per heavy atom. The monoisotopic (exact) mass is 366 g/mol. The molecular weight excluding hydrogens is 348 g/mol. The molecule has 0 bridgehead atoms. The third kappa shape index (κ3) is 7.82. The minimum atomic E-state index is -0.320. The number of thioether (sulfide) groups is 1. The topological polar surface area (TPSA) is 55.1 Å². The van der Waals surface area contributed by atoms with Crippen LogP contribution < -0.4 is 11.1 Å². The van der Waals surface area contributed by atoms with Crippen molar-refractivity contribution in [3.8, 4) is 0 Å². The summed E-state index contributed by atoms with van der Waals surface area (Å²) >= 11 is 5.07. The van der Waals surface area contributed by atoms with Crippen LogP contribution in [0, 0.1) is 0 Å². The Hall–Kier alpha value is -0.230. The van der Waals surface area contributed by atoms with Crippen molar-refractivity contribution in [2.45, 2.75) is 30.7 Å². The highest BCUT2D eigenvalue weighted by atomic mass is 79.9. The van der Waals surface area contributed by atoms with Gasteiger partial charge in [-0.2, -0.15) is 0 Å². The molecule has 0 aliphatic carbocycles. The Morgan fingerprint density at radius 3 is 2.47 bits per heavy atom. The van der Waals surface area contributed by atoms with E-state index in [4.69, 9.17) is 5.73 Å². The van der Waals surface area contributed by atoms with Crippen molar-refractivity contribution in [1.29, 1.82) is 0 Å². The molecule has 0 saturated carbocycles. The second-order valence-electron chi connectivity index (χ2n) is 4.69. The van der Waals surface area contributed by atoms with Crippen LogP contribution in [0.15, 0.2) is 33.6 Å². The van der Waals surface area contributed by atoms with Gasteiger partial charge in [0.1, 0.15) is 0 Å². The maximum Gasteiger partial charge on any atom is 0.221 e. The second kappa shape index (κ2) is 8.84. The third-order valence-electron chi connectivity index (χ3n) is 2.40. The molecule has 0 aromatic heterocycles.